The third-order valence-corrected chi connectivity index (χ3v) is 4.67. The van der Waals surface area contributed by atoms with Gasteiger partial charge in [0, 0.05) is 18.0 Å². The number of piperidine rings is 1. The second-order valence-electron chi connectivity index (χ2n) is 4.51. The molecular formula is C13H15Cl2NO2S. The van der Waals surface area contributed by atoms with E-state index in [1.165, 1.54) is 11.8 Å². The van der Waals surface area contributed by atoms with Gasteiger partial charge in [0.2, 0.25) is 0 Å². The summed E-state index contributed by atoms with van der Waals surface area (Å²) in [6.07, 6.45) is 3.01. The molecule has 1 fully saturated rings. The fourth-order valence-corrected chi connectivity index (χ4v) is 3.34. The van der Waals surface area contributed by atoms with Gasteiger partial charge in [0.25, 0.3) is 5.91 Å². The highest BCUT2D eigenvalue weighted by molar-refractivity contribution is 7.98. The Morgan fingerprint density at radius 1 is 1.42 bits per heavy atom. The number of benzene rings is 1. The molecule has 1 aliphatic heterocycles. The lowest BCUT2D eigenvalue weighted by molar-refractivity contribution is 0.0473. The zero-order valence-corrected chi connectivity index (χ0v) is 12.9. The normalized spacial score (nSPS) is 19.6. The summed E-state index contributed by atoms with van der Waals surface area (Å²) in [5.41, 5.74) is 0.449. The van der Waals surface area contributed by atoms with Gasteiger partial charge >= 0.3 is 0 Å². The third-order valence-electron chi connectivity index (χ3n) is 3.16. The highest BCUT2D eigenvalue weighted by Crippen LogP contribution is 2.32. The fraction of sp³-hybridized carbons (Fsp3) is 0.462. The van der Waals surface area contributed by atoms with Crippen LogP contribution in [0.1, 0.15) is 23.2 Å². The number of halogens is 2. The standard InChI is InChI=1S/C13H15Cl2NO2S/c1-19-12-5-9(10(14)6-11(12)15)13(18)16-4-2-3-8(17)7-16/h5-6,8,17H,2-4,7H2,1H3. The van der Waals surface area contributed by atoms with E-state index in [-0.39, 0.29) is 5.91 Å². The summed E-state index contributed by atoms with van der Waals surface area (Å²) < 4.78 is 0. The van der Waals surface area contributed by atoms with Crippen molar-refractivity contribution in [1.82, 2.24) is 4.90 Å². The molecule has 19 heavy (non-hydrogen) atoms. The SMILES string of the molecule is CSc1cc(C(=O)N2CCCC(O)C2)c(Cl)cc1Cl. The van der Waals surface area contributed by atoms with Crippen LogP contribution in [0.2, 0.25) is 10.0 Å². The maximum absolute atomic E-state index is 12.4. The van der Waals surface area contributed by atoms with Gasteiger partial charge in [0.1, 0.15) is 0 Å². The smallest absolute Gasteiger partial charge is 0.255 e. The lowest BCUT2D eigenvalue weighted by Gasteiger charge is -2.30. The summed E-state index contributed by atoms with van der Waals surface area (Å²) in [4.78, 5) is 14.9. The summed E-state index contributed by atoms with van der Waals surface area (Å²) >= 11 is 13.6. The Morgan fingerprint density at radius 2 is 2.16 bits per heavy atom. The monoisotopic (exact) mass is 319 g/mol. The molecule has 1 heterocycles. The van der Waals surface area contributed by atoms with Gasteiger partial charge in [-0.3, -0.25) is 4.79 Å². The number of aliphatic hydroxyl groups is 1. The number of nitrogens with zero attached hydrogens (tertiary/aromatic N) is 1. The number of amides is 1. The van der Waals surface area contributed by atoms with E-state index in [1.54, 1.807) is 17.0 Å². The van der Waals surface area contributed by atoms with Gasteiger partial charge in [0.15, 0.2) is 0 Å². The van der Waals surface area contributed by atoms with Crippen LogP contribution in [0.3, 0.4) is 0 Å². The lowest BCUT2D eigenvalue weighted by atomic mass is 10.1. The van der Waals surface area contributed by atoms with Crippen LogP contribution in [-0.2, 0) is 0 Å². The predicted molar refractivity (Wildman–Crippen MR) is 79.4 cm³/mol. The molecule has 104 valence electrons. The molecule has 1 saturated heterocycles. The summed E-state index contributed by atoms with van der Waals surface area (Å²) in [7, 11) is 0. The topological polar surface area (TPSA) is 40.5 Å². The Morgan fingerprint density at radius 3 is 2.79 bits per heavy atom. The van der Waals surface area contributed by atoms with Crippen LogP contribution < -0.4 is 0 Å². The largest absolute Gasteiger partial charge is 0.391 e. The van der Waals surface area contributed by atoms with Crippen molar-refractivity contribution in [3.63, 3.8) is 0 Å². The molecule has 3 nitrogen and oxygen atoms in total. The van der Waals surface area contributed by atoms with Crippen molar-refractivity contribution in [2.45, 2.75) is 23.8 Å². The quantitative estimate of drug-likeness (QED) is 0.850. The Bertz CT molecular complexity index is 496. The van der Waals surface area contributed by atoms with Gasteiger partial charge in [-0.05, 0) is 31.2 Å². The van der Waals surface area contributed by atoms with E-state index in [1.807, 2.05) is 6.26 Å². The molecule has 2 rings (SSSR count). The first-order valence-corrected chi connectivity index (χ1v) is 8.01. The Labute approximate surface area is 126 Å². The van der Waals surface area contributed by atoms with Gasteiger partial charge in [-0.15, -0.1) is 11.8 Å². The molecule has 1 unspecified atom stereocenters. The number of hydrogen-bond donors (Lipinski definition) is 1. The molecule has 1 amide bonds. The number of hydrogen-bond acceptors (Lipinski definition) is 3. The number of thioether (sulfide) groups is 1. The van der Waals surface area contributed by atoms with E-state index in [0.29, 0.717) is 28.7 Å². The first-order chi connectivity index (χ1) is 9.02. The van der Waals surface area contributed by atoms with Crippen LogP contribution in [0.5, 0.6) is 0 Å². The van der Waals surface area contributed by atoms with Gasteiger partial charge in [-0.25, -0.2) is 0 Å². The second-order valence-corrected chi connectivity index (χ2v) is 6.18. The molecule has 0 bridgehead atoms. The average Bonchev–Trinajstić information content (AvgIpc) is 2.38. The molecule has 1 atom stereocenters. The van der Waals surface area contributed by atoms with Gasteiger partial charge in [-0.2, -0.15) is 0 Å². The van der Waals surface area contributed by atoms with Crippen molar-refractivity contribution in [3.05, 3.63) is 27.7 Å². The van der Waals surface area contributed by atoms with Crippen LogP contribution in [0.4, 0.5) is 0 Å². The molecule has 1 N–H and O–H groups in total. The second kappa shape index (κ2) is 6.35. The van der Waals surface area contributed by atoms with Crippen LogP contribution >= 0.6 is 35.0 Å². The summed E-state index contributed by atoms with van der Waals surface area (Å²) in [6.45, 7) is 1.02. The summed E-state index contributed by atoms with van der Waals surface area (Å²) in [5.74, 6) is -0.143. The van der Waals surface area contributed by atoms with E-state index in [0.717, 1.165) is 17.7 Å². The first kappa shape index (κ1) is 15.0. The van der Waals surface area contributed by atoms with Crippen molar-refractivity contribution in [2.24, 2.45) is 0 Å². The zero-order valence-electron chi connectivity index (χ0n) is 10.5. The average molecular weight is 320 g/mol. The van der Waals surface area contributed by atoms with Crippen molar-refractivity contribution in [2.75, 3.05) is 19.3 Å². The van der Waals surface area contributed by atoms with E-state index >= 15 is 0 Å². The molecule has 1 aromatic rings. The van der Waals surface area contributed by atoms with Crippen LogP contribution in [0, 0.1) is 0 Å². The van der Waals surface area contributed by atoms with Gasteiger partial charge in [0.05, 0.1) is 21.7 Å². The number of likely N-dealkylation sites (tertiary alicyclic amines) is 1. The molecule has 0 aromatic heterocycles. The highest BCUT2D eigenvalue weighted by atomic mass is 35.5. The van der Waals surface area contributed by atoms with Crippen LogP contribution in [0.15, 0.2) is 17.0 Å². The molecule has 0 spiro atoms. The summed E-state index contributed by atoms with van der Waals surface area (Å²) in [6, 6.07) is 3.32. The highest BCUT2D eigenvalue weighted by Gasteiger charge is 2.25. The first-order valence-electron chi connectivity index (χ1n) is 6.03. The molecule has 6 heteroatoms. The van der Waals surface area contributed by atoms with Crippen molar-refractivity contribution >= 4 is 40.9 Å². The van der Waals surface area contributed by atoms with E-state index < -0.39 is 6.10 Å². The van der Waals surface area contributed by atoms with Crippen molar-refractivity contribution in [1.29, 1.82) is 0 Å². The Hall–Kier alpha value is -0.420. The minimum atomic E-state index is -0.441. The molecule has 1 aliphatic rings. The number of rotatable bonds is 2. The number of carbonyl (C=O) groups is 1. The number of β-amino-alcohol motifs (C(OH)–C–C–N with tert-alkyl or cyclic N) is 1. The third kappa shape index (κ3) is 3.37. The summed E-state index contributed by atoms with van der Waals surface area (Å²) in [5, 5.41) is 10.5. The minimum Gasteiger partial charge on any atom is -0.391 e. The fourth-order valence-electron chi connectivity index (χ4n) is 2.16. The molecule has 0 aliphatic carbocycles. The maximum atomic E-state index is 12.4. The maximum Gasteiger partial charge on any atom is 0.255 e. The van der Waals surface area contributed by atoms with E-state index in [9.17, 15) is 9.90 Å². The number of carbonyl (C=O) groups excluding carboxylic acids is 1. The Kier molecular flexibility index (Phi) is 5.01. The predicted octanol–water partition coefficient (Wildman–Crippen LogP) is 3.31. The molecule has 0 radical (unpaired) electrons. The van der Waals surface area contributed by atoms with Crippen LogP contribution in [-0.4, -0.2) is 41.4 Å². The zero-order chi connectivity index (χ0) is 14.0. The molecule has 1 aromatic carbocycles. The van der Waals surface area contributed by atoms with Gasteiger partial charge in [-0.1, -0.05) is 23.2 Å². The molecular weight excluding hydrogens is 305 g/mol. The lowest BCUT2D eigenvalue weighted by Crippen LogP contribution is -2.42. The van der Waals surface area contributed by atoms with Crippen molar-refractivity contribution in [3.8, 4) is 0 Å². The van der Waals surface area contributed by atoms with Crippen molar-refractivity contribution < 1.29 is 9.90 Å². The minimum absolute atomic E-state index is 0.143. The Balaban J connectivity index is 2.27. The molecule has 0 saturated carbocycles. The van der Waals surface area contributed by atoms with E-state index in [4.69, 9.17) is 23.2 Å². The van der Waals surface area contributed by atoms with Gasteiger partial charge < -0.3 is 10.0 Å². The van der Waals surface area contributed by atoms with E-state index in [2.05, 4.69) is 0 Å². The van der Waals surface area contributed by atoms with Crippen LogP contribution in [0.25, 0.3) is 0 Å². The number of aliphatic hydroxyl groups excluding tert-OH is 1.